The fourth-order valence-corrected chi connectivity index (χ4v) is 3.64. The zero-order valence-electron chi connectivity index (χ0n) is 22.4. The molecule has 1 atom stereocenters. The molecular weight excluding hydrogens is 446 g/mol. The molecule has 0 saturated heterocycles. The maximum absolute atomic E-state index is 13.5. The number of ether oxygens (including phenoxy) is 2. The molecule has 8 heteroatoms. The first-order valence-electron chi connectivity index (χ1n) is 12.1. The molecule has 0 fully saturated rings. The number of nitrogens with zero attached hydrogens (tertiary/aromatic N) is 2. The van der Waals surface area contributed by atoms with Gasteiger partial charge in [-0.25, -0.2) is 4.79 Å². The highest BCUT2D eigenvalue weighted by Gasteiger charge is 2.27. The van der Waals surface area contributed by atoms with Crippen molar-refractivity contribution in [2.24, 2.45) is 0 Å². The lowest BCUT2D eigenvalue weighted by atomic mass is 10.1. The molecule has 1 aromatic heterocycles. The molecule has 2 aromatic rings. The summed E-state index contributed by atoms with van der Waals surface area (Å²) in [6, 6.07) is 9.18. The molecule has 0 radical (unpaired) electrons. The van der Waals surface area contributed by atoms with Gasteiger partial charge >= 0.3 is 6.03 Å². The highest BCUT2D eigenvalue weighted by molar-refractivity contribution is 5.84. The number of carbonyl (C=O) groups excluding carboxylic acids is 2. The molecule has 1 N–H and O–H groups in total. The first kappa shape index (κ1) is 28.1. The Labute approximate surface area is 209 Å². The average molecular weight is 488 g/mol. The second kappa shape index (κ2) is 12.5. The van der Waals surface area contributed by atoms with Crippen molar-refractivity contribution >= 4 is 11.9 Å². The maximum Gasteiger partial charge on any atom is 0.318 e. The van der Waals surface area contributed by atoms with Crippen molar-refractivity contribution in [1.29, 1.82) is 0 Å². The minimum atomic E-state index is -0.398. The number of rotatable bonds is 11. The van der Waals surface area contributed by atoms with Crippen LogP contribution in [0.1, 0.15) is 58.1 Å². The topological polar surface area (TPSA) is 84.2 Å². The van der Waals surface area contributed by atoms with Crippen LogP contribution in [0.5, 0.6) is 11.5 Å². The Bertz CT molecular complexity index is 979. The van der Waals surface area contributed by atoms with Gasteiger partial charge in [-0.15, -0.1) is 0 Å². The van der Waals surface area contributed by atoms with Crippen LogP contribution in [0, 0.1) is 6.92 Å². The minimum Gasteiger partial charge on any atom is -0.493 e. The molecule has 2 rings (SSSR count). The third-order valence-corrected chi connectivity index (χ3v) is 5.79. The summed E-state index contributed by atoms with van der Waals surface area (Å²) >= 11 is 0. The van der Waals surface area contributed by atoms with Gasteiger partial charge in [0.15, 0.2) is 11.5 Å². The molecule has 1 aromatic carbocycles. The van der Waals surface area contributed by atoms with Gasteiger partial charge in [-0.2, -0.15) is 0 Å². The molecule has 0 bridgehead atoms. The molecule has 3 amide bonds. The van der Waals surface area contributed by atoms with Crippen molar-refractivity contribution < 1.29 is 23.5 Å². The van der Waals surface area contributed by atoms with Crippen molar-refractivity contribution in [2.45, 2.75) is 72.5 Å². The van der Waals surface area contributed by atoms with Gasteiger partial charge in [0, 0.05) is 18.1 Å². The fourth-order valence-electron chi connectivity index (χ4n) is 3.64. The highest BCUT2D eigenvalue weighted by atomic mass is 16.5. The van der Waals surface area contributed by atoms with E-state index >= 15 is 0 Å². The lowest BCUT2D eigenvalue weighted by Gasteiger charge is -2.33. The van der Waals surface area contributed by atoms with E-state index in [1.165, 1.54) is 0 Å². The first-order valence-corrected chi connectivity index (χ1v) is 12.1. The Hall–Kier alpha value is -3.16. The van der Waals surface area contributed by atoms with Crippen LogP contribution >= 0.6 is 0 Å². The summed E-state index contributed by atoms with van der Waals surface area (Å²) in [6.07, 6.45) is 1.36. The minimum absolute atomic E-state index is 0.0114. The van der Waals surface area contributed by atoms with Crippen molar-refractivity contribution in [3.63, 3.8) is 0 Å². The molecule has 35 heavy (non-hydrogen) atoms. The molecular formula is C27H41N3O5. The van der Waals surface area contributed by atoms with Crippen LogP contribution in [0.3, 0.4) is 0 Å². The van der Waals surface area contributed by atoms with Crippen molar-refractivity contribution in [3.05, 3.63) is 47.4 Å². The summed E-state index contributed by atoms with van der Waals surface area (Å²) in [5.74, 6) is 2.66. The summed E-state index contributed by atoms with van der Waals surface area (Å²) < 4.78 is 16.5. The summed E-state index contributed by atoms with van der Waals surface area (Å²) in [5.41, 5.74) is 0.616. The normalized spacial score (nSPS) is 12.1. The van der Waals surface area contributed by atoms with Crippen LogP contribution < -0.4 is 14.8 Å². The van der Waals surface area contributed by atoms with Gasteiger partial charge in [0.1, 0.15) is 18.1 Å². The van der Waals surface area contributed by atoms with E-state index in [4.69, 9.17) is 13.9 Å². The van der Waals surface area contributed by atoms with Gasteiger partial charge in [-0.05, 0) is 77.3 Å². The van der Waals surface area contributed by atoms with Crippen LogP contribution in [-0.4, -0.2) is 60.6 Å². The predicted octanol–water partition coefficient (Wildman–Crippen LogP) is 4.79. The van der Waals surface area contributed by atoms with E-state index < -0.39 is 5.54 Å². The predicted molar refractivity (Wildman–Crippen MR) is 137 cm³/mol. The molecule has 0 spiro atoms. The summed E-state index contributed by atoms with van der Waals surface area (Å²) in [6.45, 7) is 12.4. The smallest absolute Gasteiger partial charge is 0.318 e. The van der Waals surface area contributed by atoms with Gasteiger partial charge in [0.25, 0.3) is 0 Å². The number of benzene rings is 1. The Kier molecular flexibility index (Phi) is 10.0. The van der Waals surface area contributed by atoms with Gasteiger partial charge in [-0.1, -0.05) is 13.0 Å². The number of hydrogen-bond acceptors (Lipinski definition) is 5. The molecule has 0 aliphatic rings. The Balaban J connectivity index is 2.23. The average Bonchev–Trinajstić information content (AvgIpc) is 3.22. The summed E-state index contributed by atoms with van der Waals surface area (Å²) in [7, 11) is 3.20. The van der Waals surface area contributed by atoms with E-state index in [2.05, 4.69) is 5.32 Å². The van der Waals surface area contributed by atoms with Crippen LogP contribution in [0.4, 0.5) is 4.79 Å². The van der Waals surface area contributed by atoms with E-state index in [0.717, 1.165) is 17.7 Å². The van der Waals surface area contributed by atoms with E-state index in [1.807, 2.05) is 71.9 Å². The van der Waals surface area contributed by atoms with Crippen molar-refractivity contribution in [1.82, 2.24) is 15.1 Å². The molecule has 194 valence electrons. The quantitative estimate of drug-likeness (QED) is 0.493. The first-order chi connectivity index (χ1) is 16.5. The molecule has 0 saturated carbocycles. The number of urea groups is 1. The zero-order chi connectivity index (χ0) is 26.2. The van der Waals surface area contributed by atoms with Crippen LogP contribution in [0.15, 0.2) is 34.7 Å². The molecule has 0 aliphatic carbocycles. The van der Waals surface area contributed by atoms with Gasteiger partial charge in [0.05, 0.1) is 20.8 Å². The van der Waals surface area contributed by atoms with Crippen LogP contribution in [0.25, 0.3) is 0 Å². The monoisotopic (exact) mass is 487 g/mol. The lowest BCUT2D eigenvalue weighted by Crippen LogP contribution is -2.54. The lowest BCUT2D eigenvalue weighted by molar-refractivity contribution is -0.133. The standard InChI is InChI=1S/C27H41N3O5/c1-9-19(2)30(26(32)28-27(4,5)6)18-25(31)29(17-22-12-10-20(3)35-22)15-14-21-11-13-23(33-7)24(16-21)34-8/h10-13,16,19H,9,14-15,17-18H2,1-8H3,(H,28,32)/t19-/m0/s1. The highest BCUT2D eigenvalue weighted by Crippen LogP contribution is 2.28. The van der Waals surface area contributed by atoms with Gasteiger partial charge < -0.3 is 29.0 Å². The fraction of sp³-hybridized carbons (Fsp3) is 0.556. The second-order valence-corrected chi connectivity index (χ2v) is 9.83. The molecule has 1 heterocycles. The van der Waals surface area contributed by atoms with E-state index in [0.29, 0.717) is 36.8 Å². The number of amides is 3. The van der Waals surface area contributed by atoms with Crippen LogP contribution in [0.2, 0.25) is 0 Å². The largest absolute Gasteiger partial charge is 0.493 e. The van der Waals surface area contributed by atoms with Crippen LogP contribution in [-0.2, 0) is 17.8 Å². The SMILES string of the molecule is CC[C@H](C)N(CC(=O)N(CCc1ccc(OC)c(OC)c1)Cc1ccc(C)o1)C(=O)NC(C)(C)C. The van der Waals surface area contributed by atoms with Crippen molar-refractivity contribution in [2.75, 3.05) is 27.3 Å². The Morgan fingerprint density at radius 3 is 2.31 bits per heavy atom. The van der Waals surface area contributed by atoms with E-state index in [1.54, 1.807) is 24.0 Å². The number of methoxy groups -OCH3 is 2. The zero-order valence-corrected chi connectivity index (χ0v) is 22.4. The third kappa shape index (κ3) is 8.53. The number of furan rings is 1. The number of carbonyl (C=O) groups is 2. The Morgan fingerprint density at radius 2 is 1.77 bits per heavy atom. The van der Waals surface area contributed by atoms with Crippen molar-refractivity contribution in [3.8, 4) is 11.5 Å². The van der Waals surface area contributed by atoms with Gasteiger partial charge in [0.2, 0.25) is 5.91 Å². The number of nitrogens with one attached hydrogen (secondary N) is 1. The molecule has 8 nitrogen and oxygen atoms in total. The van der Waals surface area contributed by atoms with Gasteiger partial charge in [-0.3, -0.25) is 4.79 Å². The second-order valence-electron chi connectivity index (χ2n) is 9.83. The number of aryl methyl sites for hydroxylation is 1. The molecule has 0 aliphatic heterocycles. The maximum atomic E-state index is 13.5. The molecule has 0 unspecified atom stereocenters. The number of hydrogen-bond donors (Lipinski definition) is 1. The van der Waals surface area contributed by atoms with E-state index in [-0.39, 0.29) is 24.5 Å². The summed E-state index contributed by atoms with van der Waals surface area (Å²) in [5, 5.41) is 2.99. The Morgan fingerprint density at radius 1 is 1.09 bits per heavy atom. The third-order valence-electron chi connectivity index (χ3n) is 5.79. The van der Waals surface area contributed by atoms with E-state index in [9.17, 15) is 9.59 Å². The summed E-state index contributed by atoms with van der Waals surface area (Å²) in [4.78, 5) is 29.9.